The summed E-state index contributed by atoms with van der Waals surface area (Å²) in [5.74, 6) is 0. The molecule has 116 valence electrons. The number of pyridine rings is 1. The van der Waals surface area contributed by atoms with Crippen molar-refractivity contribution in [3.63, 3.8) is 0 Å². The van der Waals surface area contributed by atoms with Gasteiger partial charge in [-0.3, -0.25) is 15.1 Å². The number of nitro benzene ring substituents is 1. The van der Waals surface area contributed by atoms with Crippen LogP contribution in [0.25, 0.3) is 23.1 Å². The van der Waals surface area contributed by atoms with Crippen molar-refractivity contribution in [3.05, 3.63) is 81.5 Å². The molecule has 0 saturated carbocycles. The first-order valence-electron chi connectivity index (χ1n) is 6.92. The smallest absolute Gasteiger partial charge is 0.258 e. The number of fused-ring (bicyclic) bond motifs is 1. The number of nitro groups is 1. The predicted molar refractivity (Wildman–Crippen MR) is 98.8 cm³/mol. The van der Waals surface area contributed by atoms with Gasteiger partial charge in [0.2, 0.25) is 0 Å². The first-order valence-corrected chi connectivity index (χ1v) is 6.92. The second kappa shape index (κ2) is 7.15. The van der Waals surface area contributed by atoms with Crippen LogP contribution in [0.2, 0.25) is 0 Å². The van der Waals surface area contributed by atoms with Crippen molar-refractivity contribution >= 4 is 45.7 Å². The molecule has 0 unspecified atom stereocenters. The Kier molecular flexibility index (Phi) is 5.24. The Labute approximate surface area is 144 Å². The monoisotopic (exact) mass is 370 g/mol. The Morgan fingerprint density at radius 2 is 1.74 bits per heavy atom. The van der Waals surface area contributed by atoms with E-state index in [1.165, 1.54) is 12.1 Å². The molecule has 23 heavy (non-hydrogen) atoms. The van der Waals surface area contributed by atoms with E-state index in [1.807, 2.05) is 49.4 Å². The maximum Gasteiger partial charge on any atom is 0.269 e. The Morgan fingerprint density at radius 3 is 2.43 bits per heavy atom. The third kappa shape index (κ3) is 3.81. The maximum atomic E-state index is 10.7. The summed E-state index contributed by atoms with van der Waals surface area (Å²) in [6.07, 6.45) is 3.96. The molecule has 0 aliphatic rings. The van der Waals surface area contributed by atoms with Gasteiger partial charge in [0.1, 0.15) is 0 Å². The zero-order valence-electron chi connectivity index (χ0n) is 12.5. The van der Waals surface area contributed by atoms with Crippen molar-refractivity contribution in [1.29, 1.82) is 0 Å². The van der Waals surface area contributed by atoms with Crippen LogP contribution in [-0.4, -0.2) is 9.91 Å². The summed E-state index contributed by atoms with van der Waals surface area (Å²) in [6.45, 7) is 1.97. The van der Waals surface area contributed by atoms with Crippen molar-refractivity contribution in [1.82, 2.24) is 4.98 Å². The van der Waals surface area contributed by atoms with Crippen LogP contribution in [0.5, 0.6) is 0 Å². The van der Waals surface area contributed by atoms with E-state index in [9.17, 15) is 10.1 Å². The average molecular weight is 371 g/mol. The molecule has 0 aliphatic carbocycles. The van der Waals surface area contributed by atoms with E-state index in [2.05, 4.69) is 4.98 Å². The third-order valence-corrected chi connectivity index (χ3v) is 3.44. The number of rotatable bonds is 3. The third-order valence-electron chi connectivity index (χ3n) is 3.44. The molecule has 3 rings (SSSR count). The number of nitrogens with zero attached hydrogens (tertiary/aromatic N) is 2. The van der Waals surface area contributed by atoms with Crippen LogP contribution in [0, 0.1) is 17.0 Å². The van der Waals surface area contributed by atoms with Gasteiger partial charge in [0.25, 0.3) is 5.69 Å². The molecule has 0 fully saturated rings. The van der Waals surface area contributed by atoms with E-state index in [-0.39, 0.29) is 22.7 Å². The first-order chi connectivity index (χ1) is 10.6. The maximum absolute atomic E-state index is 10.7. The number of para-hydroxylation sites is 1. The summed E-state index contributed by atoms with van der Waals surface area (Å²) in [4.78, 5) is 14.8. The molecule has 2 aromatic carbocycles. The fourth-order valence-electron chi connectivity index (χ4n) is 2.37. The topological polar surface area (TPSA) is 56.0 Å². The molecule has 0 aliphatic heterocycles. The summed E-state index contributed by atoms with van der Waals surface area (Å²) in [7, 11) is 0. The zero-order chi connectivity index (χ0) is 15.5. The van der Waals surface area contributed by atoms with Crippen LogP contribution < -0.4 is 0 Å². The molecule has 5 heteroatoms. The van der Waals surface area contributed by atoms with Crippen LogP contribution in [0.3, 0.4) is 0 Å². The highest BCUT2D eigenvalue weighted by Crippen LogP contribution is 2.21. The molecule has 0 spiro atoms. The number of hydrogen-bond donors (Lipinski definition) is 0. The standard InChI is InChI=1S/C18H14N2O2.BrH/c1-13-12-15(17-4-2-3-5-18(17)19-13)9-6-14-7-10-16(11-8-14)20(21)22;/h2-12H,1H3;1H. The van der Waals surface area contributed by atoms with Gasteiger partial charge in [-0.05, 0) is 42.3 Å². The number of benzene rings is 2. The molecule has 1 aromatic heterocycles. The number of aryl methyl sites for hydroxylation is 1. The van der Waals surface area contributed by atoms with Gasteiger partial charge in [0, 0.05) is 23.2 Å². The SMILES string of the molecule is Br.Cc1cc(C=Cc2ccc([N+](=O)[O-])cc2)c2ccccc2n1. The summed E-state index contributed by atoms with van der Waals surface area (Å²) in [5, 5.41) is 11.7. The number of hydrogen-bond acceptors (Lipinski definition) is 3. The van der Waals surface area contributed by atoms with Gasteiger partial charge in [-0.25, -0.2) is 0 Å². The summed E-state index contributed by atoms with van der Waals surface area (Å²) < 4.78 is 0. The van der Waals surface area contributed by atoms with E-state index in [0.717, 1.165) is 27.7 Å². The number of halogens is 1. The molecular formula is C18H15BrN2O2. The minimum atomic E-state index is -0.396. The Bertz CT molecular complexity index is 874. The van der Waals surface area contributed by atoms with Gasteiger partial charge in [-0.2, -0.15) is 0 Å². The molecule has 0 saturated heterocycles. The molecule has 0 radical (unpaired) electrons. The lowest BCUT2D eigenvalue weighted by Crippen LogP contribution is -1.87. The Hall–Kier alpha value is -2.53. The number of non-ortho nitro benzene ring substituents is 1. The van der Waals surface area contributed by atoms with E-state index in [1.54, 1.807) is 12.1 Å². The van der Waals surface area contributed by atoms with Crippen molar-refractivity contribution in [2.24, 2.45) is 0 Å². The fraction of sp³-hybridized carbons (Fsp3) is 0.0556. The van der Waals surface area contributed by atoms with Crippen LogP contribution in [0.1, 0.15) is 16.8 Å². The van der Waals surface area contributed by atoms with Crippen molar-refractivity contribution in [2.75, 3.05) is 0 Å². The van der Waals surface area contributed by atoms with E-state index < -0.39 is 4.92 Å². The van der Waals surface area contributed by atoms with E-state index >= 15 is 0 Å². The lowest BCUT2D eigenvalue weighted by molar-refractivity contribution is -0.384. The first kappa shape index (κ1) is 16.8. The van der Waals surface area contributed by atoms with Gasteiger partial charge in [0.05, 0.1) is 10.4 Å². The second-order valence-corrected chi connectivity index (χ2v) is 5.05. The molecular weight excluding hydrogens is 356 g/mol. The Balaban J connectivity index is 0.00000192. The molecule has 4 nitrogen and oxygen atoms in total. The van der Waals surface area contributed by atoms with Crippen molar-refractivity contribution < 1.29 is 4.92 Å². The molecule has 1 heterocycles. The average Bonchev–Trinajstić information content (AvgIpc) is 2.52. The van der Waals surface area contributed by atoms with Crippen LogP contribution in [0.4, 0.5) is 5.69 Å². The highest BCUT2D eigenvalue weighted by molar-refractivity contribution is 8.93. The highest BCUT2D eigenvalue weighted by atomic mass is 79.9. The van der Waals surface area contributed by atoms with Crippen LogP contribution in [-0.2, 0) is 0 Å². The lowest BCUT2D eigenvalue weighted by Gasteiger charge is -2.03. The largest absolute Gasteiger partial charge is 0.269 e. The minimum Gasteiger partial charge on any atom is -0.258 e. The molecule has 3 aromatic rings. The number of aromatic nitrogens is 1. The van der Waals surface area contributed by atoms with Gasteiger partial charge in [-0.15, -0.1) is 17.0 Å². The fourth-order valence-corrected chi connectivity index (χ4v) is 2.37. The molecule has 0 amide bonds. The quantitative estimate of drug-likeness (QED) is 0.470. The minimum absolute atomic E-state index is 0. The van der Waals surface area contributed by atoms with Crippen molar-refractivity contribution in [3.8, 4) is 0 Å². The molecule has 0 atom stereocenters. The molecule has 0 bridgehead atoms. The lowest BCUT2D eigenvalue weighted by atomic mass is 10.1. The van der Waals surface area contributed by atoms with Crippen LogP contribution in [0.15, 0.2) is 54.6 Å². The summed E-state index contributed by atoms with van der Waals surface area (Å²) in [5.41, 5.74) is 4.03. The normalized spacial score (nSPS) is 10.7. The Morgan fingerprint density at radius 1 is 1.04 bits per heavy atom. The van der Waals surface area contributed by atoms with Gasteiger partial charge < -0.3 is 0 Å². The van der Waals surface area contributed by atoms with Crippen molar-refractivity contribution in [2.45, 2.75) is 6.92 Å². The predicted octanol–water partition coefficient (Wildman–Crippen LogP) is 5.20. The van der Waals surface area contributed by atoms with Gasteiger partial charge >= 0.3 is 0 Å². The van der Waals surface area contributed by atoms with Crippen LogP contribution >= 0.6 is 17.0 Å². The van der Waals surface area contributed by atoms with Gasteiger partial charge in [0.15, 0.2) is 0 Å². The van der Waals surface area contributed by atoms with E-state index in [4.69, 9.17) is 0 Å². The summed E-state index contributed by atoms with van der Waals surface area (Å²) >= 11 is 0. The zero-order valence-corrected chi connectivity index (χ0v) is 14.2. The molecule has 0 N–H and O–H groups in total. The van der Waals surface area contributed by atoms with Gasteiger partial charge in [-0.1, -0.05) is 30.4 Å². The second-order valence-electron chi connectivity index (χ2n) is 5.05. The summed E-state index contributed by atoms with van der Waals surface area (Å²) in [6, 6.07) is 16.5. The highest BCUT2D eigenvalue weighted by Gasteiger charge is 2.03. The van der Waals surface area contributed by atoms with E-state index in [0.29, 0.717) is 0 Å².